The summed E-state index contributed by atoms with van der Waals surface area (Å²) in [6, 6.07) is 0. The number of esters is 1. The summed E-state index contributed by atoms with van der Waals surface area (Å²) in [6.07, 6.45) is 0.225. The van der Waals surface area contributed by atoms with Crippen molar-refractivity contribution < 1.29 is 33.4 Å². The highest BCUT2D eigenvalue weighted by atomic mass is 16.5. The van der Waals surface area contributed by atoms with Crippen LogP contribution in [0.2, 0.25) is 0 Å². The van der Waals surface area contributed by atoms with Crippen LogP contribution >= 0.6 is 0 Å². The lowest BCUT2D eigenvalue weighted by molar-refractivity contribution is -0.124. The summed E-state index contributed by atoms with van der Waals surface area (Å²) in [6.45, 7) is 1.05. The van der Waals surface area contributed by atoms with Gasteiger partial charge in [0.05, 0.1) is 19.5 Å². The van der Waals surface area contributed by atoms with Gasteiger partial charge in [0, 0.05) is 18.9 Å². The average molecular weight is 280 g/mol. The van der Waals surface area contributed by atoms with Crippen LogP contribution in [0.15, 0.2) is 16.9 Å². The van der Waals surface area contributed by atoms with Crippen LogP contribution < -0.4 is 0 Å². The molecule has 1 aromatic rings. The van der Waals surface area contributed by atoms with E-state index in [1.807, 2.05) is 0 Å². The Morgan fingerprint density at radius 2 is 2.10 bits per heavy atom. The molecule has 0 bridgehead atoms. The molecule has 1 unspecified atom stereocenters. The fraction of sp³-hybridized carbons (Fsp3) is 0.333. The highest BCUT2D eigenvalue weighted by molar-refractivity contribution is 6.63. The summed E-state index contributed by atoms with van der Waals surface area (Å²) in [7, 11) is 1.16. The number of rotatable bonds is 6. The molecular formula is C12H12N2O6. The first-order chi connectivity index (χ1) is 9.42. The van der Waals surface area contributed by atoms with Crippen LogP contribution in [0.3, 0.4) is 0 Å². The second-order valence-electron chi connectivity index (χ2n) is 3.88. The summed E-state index contributed by atoms with van der Waals surface area (Å²) < 4.78 is 9.27. The molecule has 0 spiro atoms. The number of ether oxygens (including phenoxy) is 1. The van der Waals surface area contributed by atoms with Gasteiger partial charge in [0.15, 0.2) is 0 Å². The van der Waals surface area contributed by atoms with Crippen LogP contribution in [-0.4, -0.2) is 40.3 Å². The lowest BCUT2D eigenvalue weighted by Gasteiger charge is -2.07. The fourth-order valence-corrected chi connectivity index (χ4v) is 1.55. The lowest BCUT2D eigenvalue weighted by atomic mass is 10.0. The number of carbonyl (C=O) groups is 3. The van der Waals surface area contributed by atoms with E-state index in [0.717, 1.165) is 26.6 Å². The average Bonchev–Trinajstić information content (AvgIpc) is 2.87. The van der Waals surface area contributed by atoms with Gasteiger partial charge in [-0.25, -0.2) is 4.79 Å². The minimum absolute atomic E-state index is 0.0295. The van der Waals surface area contributed by atoms with Gasteiger partial charge in [0.25, 0.3) is 5.78 Å². The molecule has 0 saturated carbocycles. The van der Waals surface area contributed by atoms with Gasteiger partial charge in [0.2, 0.25) is 5.78 Å². The third-order valence-corrected chi connectivity index (χ3v) is 2.53. The SMILES string of the molecule is COC(=O)c1cocc1C(O)CC(=O)C(=[N+]=[N-])C(C)=O. The van der Waals surface area contributed by atoms with E-state index in [-0.39, 0.29) is 11.1 Å². The van der Waals surface area contributed by atoms with Gasteiger partial charge < -0.3 is 19.8 Å². The standard InChI is InChI=1S/C12H12N2O6/c1-6(15)11(14-13)10(17)3-9(16)7-4-20-5-8(7)12(18)19-2/h4-5,9,16H,3H2,1-2H3. The topological polar surface area (TPSA) is 130 Å². The number of nitrogens with zero attached hydrogens (tertiary/aromatic N) is 2. The highest BCUT2D eigenvalue weighted by Crippen LogP contribution is 2.23. The van der Waals surface area contributed by atoms with Crippen LogP contribution in [0.5, 0.6) is 0 Å². The van der Waals surface area contributed by atoms with E-state index >= 15 is 0 Å². The van der Waals surface area contributed by atoms with Crippen LogP contribution in [-0.2, 0) is 14.3 Å². The summed E-state index contributed by atoms with van der Waals surface area (Å²) in [4.78, 5) is 36.6. The van der Waals surface area contributed by atoms with Gasteiger partial charge in [-0.15, -0.1) is 0 Å². The van der Waals surface area contributed by atoms with E-state index in [2.05, 4.69) is 9.53 Å². The molecule has 1 atom stereocenters. The minimum atomic E-state index is -1.40. The van der Waals surface area contributed by atoms with Crippen molar-refractivity contribution in [2.45, 2.75) is 19.4 Å². The maximum atomic E-state index is 11.7. The molecule has 1 rings (SSSR count). The maximum absolute atomic E-state index is 11.7. The van der Waals surface area contributed by atoms with Crippen LogP contribution in [0, 0.1) is 0 Å². The summed E-state index contributed by atoms with van der Waals surface area (Å²) in [5.41, 5.74) is 7.91. The summed E-state index contributed by atoms with van der Waals surface area (Å²) in [5, 5.41) is 9.89. The first kappa shape index (κ1) is 15.5. The fourth-order valence-electron chi connectivity index (χ4n) is 1.55. The zero-order chi connectivity index (χ0) is 15.3. The van der Waals surface area contributed by atoms with Crippen molar-refractivity contribution in [3.63, 3.8) is 0 Å². The van der Waals surface area contributed by atoms with Crippen molar-refractivity contribution in [3.05, 3.63) is 29.2 Å². The van der Waals surface area contributed by atoms with Crippen molar-refractivity contribution in [3.8, 4) is 0 Å². The summed E-state index contributed by atoms with van der Waals surface area (Å²) in [5.74, 6) is -2.32. The molecule has 0 saturated heterocycles. The van der Waals surface area contributed by atoms with E-state index in [1.165, 1.54) is 0 Å². The third-order valence-electron chi connectivity index (χ3n) is 2.53. The number of Topliss-reactive ketones (excluding diaryl/α,β-unsaturated/α-hetero) is 2. The predicted molar refractivity (Wildman–Crippen MR) is 63.9 cm³/mol. The van der Waals surface area contributed by atoms with Crippen molar-refractivity contribution in [2.24, 2.45) is 0 Å². The molecule has 0 aliphatic rings. The molecule has 0 aliphatic carbocycles. The van der Waals surface area contributed by atoms with E-state index in [9.17, 15) is 19.5 Å². The van der Waals surface area contributed by atoms with E-state index < -0.39 is 35.8 Å². The Hall–Kier alpha value is -2.57. The van der Waals surface area contributed by atoms with Crippen LogP contribution in [0.4, 0.5) is 0 Å². The van der Waals surface area contributed by atoms with Crippen molar-refractivity contribution in [2.75, 3.05) is 7.11 Å². The molecule has 8 nitrogen and oxygen atoms in total. The van der Waals surface area contributed by atoms with E-state index in [0.29, 0.717) is 0 Å². The van der Waals surface area contributed by atoms with Crippen molar-refractivity contribution in [1.29, 1.82) is 0 Å². The van der Waals surface area contributed by atoms with Crippen molar-refractivity contribution in [1.82, 2.24) is 0 Å². The van der Waals surface area contributed by atoms with Gasteiger partial charge in [0.1, 0.15) is 11.8 Å². The molecular weight excluding hydrogens is 268 g/mol. The molecule has 0 fully saturated rings. The van der Waals surface area contributed by atoms with E-state index in [1.54, 1.807) is 0 Å². The number of hydrogen-bond acceptors (Lipinski definition) is 6. The number of carbonyl (C=O) groups excluding carboxylic acids is 3. The smallest absolute Gasteiger partial charge is 0.399 e. The Bertz CT molecular complexity index is 597. The normalized spacial score (nSPS) is 11.3. The molecule has 0 amide bonds. The predicted octanol–water partition coefficient (Wildman–Crippen LogP) is 0.319. The Morgan fingerprint density at radius 3 is 2.60 bits per heavy atom. The number of aliphatic hydroxyl groups excluding tert-OH is 1. The van der Waals surface area contributed by atoms with Crippen molar-refractivity contribution >= 4 is 23.2 Å². The number of aliphatic hydroxyl groups is 1. The second kappa shape index (κ2) is 6.55. The zero-order valence-electron chi connectivity index (χ0n) is 10.8. The maximum Gasteiger partial charge on any atom is 0.399 e. The lowest BCUT2D eigenvalue weighted by Crippen LogP contribution is -2.25. The Morgan fingerprint density at radius 1 is 1.45 bits per heavy atom. The van der Waals surface area contributed by atoms with Gasteiger partial charge in [-0.05, 0) is 0 Å². The van der Waals surface area contributed by atoms with Gasteiger partial charge in [-0.2, -0.15) is 4.79 Å². The number of methoxy groups -OCH3 is 1. The molecule has 0 aliphatic heterocycles. The monoisotopic (exact) mass is 280 g/mol. The summed E-state index contributed by atoms with van der Waals surface area (Å²) >= 11 is 0. The molecule has 1 heterocycles. The molecule has 1 aromatic heterocycles. The molecule has 0 radical (unpaired) electrons. The van der Waals surface area contributed by atoms with Crippen LogP contribution in [0.25, 0.3) is 5.53 Å². The molecule has 106 valence electrons. The number of ketones is 2. The number of hydrogen-bond donors (Lipinski definition) is 1. The molecule has 1 N–H and O–H groups in total. The van der Waals surface area contributed by atoms with Gasteiger partial charge in [-0.3, -0.25) is 9.59 Å². The third kappa shape index (κ3) is 3.25. The molecule has 8 heteroatoms. The van der Waals surface area contributed by atoms with Crippen LogP contribution in [0.1, 0.15) is 35.4 Å². The molecule has 0 aromatic carbocycles. The number of furan rings is 1. The van der Waals surface area contributed by atoms with E-state index in [4.69, 9.17) is 9.95 Å². The largest absolute Gasteiger partial charge is 0.471 e. The molecule has 20 heavy (non-hydrogen) atoms. The Balaban J connectivity index is 2.93. The first-order valence-electron chi connectivity index (χ1n) is 5.51. The quantitative estimate of drug-likeness (QED) is 0.262. The Kier molecular flexibility index (Phi) is 5.08. The highest BCUT2D eigenvalue weighted by Gasteiger charge is 2.30. The van der Waals surface area contributed by atoms with Gasteiger partial charge >= 0.3 is 11.7 Å². The first-order valence-corrected chi connectivity index (χ1v) is 5.51. The minimum Gasteiger partial charge on any atom is -0.471 e. The Labute approximate surface area is 113 Å². The zero-order valence-corrected chi connectivity index (χ0v) is 10.8. The van der Waals surface area contributed by atoms with Gasteiger partial charge in [-0.1, -0.05) is 0 Å². The second-order valence-corrected chi connectivity index (χ2v) is 3.88.